The maximum atomic E-state index is 12.1. The number of hydrogen-bond acceptors (Lipinski definition) is 1. The van der Waals surface area contributed by atoms with Crippen LogP contribution in [-0.2, 0) is 4.79 Å². The molecule has 0 saturated heterocycles. The van der Waals surface area contributed by atoms with Crippen LogP contribution in [0.2, 0.25) is 10.0 Å². The molecule has 2 aromatic carbocycles. The van der Waals surface area contributed by atoms with Crippen molar-refractivity contribution in [2.75, 3.05) is 11.9 Å². The Bertz CT molecular complexity index is 656. The van der Waals surface area contributed by atoms with Gasteiger partial charge in [0.05, 0.1) is 0 Å². The highest BCUT2D eigenvalue weighted by atomic mass is 35.5. The summed E-state index contributed by atoms with van der Waals surface area (Å²) in [6.07, 6.45) is 0. The van der Waals surface area contributed by atoms with Crippen LogP contribution in [0.3, 0.4) is 0 Å². The third-order valence-electron chi connectivity index (χ3n) is 3.53. The van der Waals surface area contributed by atoms with E-state index in [4.69, 9.17) is 23.2 Å². The summed E-state index contributed by atoms with van der Waals surface area (Å²) >= 11 is 11.8. The molecule has 0 heterocycles. The van der Waals surface area contributed by atoms with Crippen molar-refractivity contribution in [3.8, 4) is 0 Å². The lowest BCUT2D eigenvalue weighted by Gasteiger charge is -2.12. The molecule has 0 aliphatic carbocycles. The molecule has 0 spiro atoms. The second kappa shape index (κ2) is 7.63. The van der Waals surface area contributed by atoms with E-state index in [0.717, 1.165) is 16.8 Å². The minimum atomic E-state index is -0.0498. The molecule has 0 aliphatic rings. The Balaban J connectivity index is 1.89. The van der Waals surface area contributed by atoms with Gasteiger partial charge in [-0.2, -0.15) is 0 Å². The molecule has 0 radical (unpaired) electrons. The van der Waals surface area contributed by atoms with Crippen molar-refractivity contribution >= 4 is 34.8 Å². The fourth-order valence-electron chi connectivity index (χ4n) is 2.12. The minimum absolute atomic E-state index is 0.0498. The third-order valence-corrected chi connectivity index (χ3v) is 4.01. The van der Waals surface area contributed by atoms with E-state index < -0.39 is 0 Å². The van der Waals surface area contributed by atoms with Gasteiger partial charge in [0.2, 0.25) is 0 Å². The number of nitrogens with two attached hydrogens (primary N) is 1. The SMILES string of the molecule is Cc1ccc(Cl)cc1NC(=O)C[NH2+][C@H](C)c1ccc(Cl)cc1. The summed E-state index contributed by atoms with van der Waals surface area (Å²) in [6, 6.07) is 13.3. The smallest absolute Gasteiger partial charge is 0.279 e. The Labute approximate surface area is 140 Å². The van der Waals surface area contributed by atoms with E-state index in [1.165, 1.54) is 0 Å². The molecule has 116 valence electrons. The fourth-order valence-corrected chi connectivity index (χ4v) is 2.41. The van der Waals surface area contributed by atoms with Gasteiger partial charge < -0.3 is 10.6 Å². The van der Waals surface area contributed by atoms with Gasteiger partial charge in [-0.1, -0.05) is 41.4 Å². The van der Waals surface area contributed by atoms with Gasteiger partial charge >= 0.3 is 0 Å². The first-order chi connectivity index (χ1) is 10.5. The van der Waals surface area contributed by atoms with Crippen LogP contribution in [0.5, 0.6) is 0 Å². The van der Waals surface area contributed by atoms with Gasteiger partial charge in [0.15, 0.2) is 6.54 Å². The lowest BCUT2D eigenvalue weighted by molar-refractivity contribution is -0.682. The predicted molar refractivity (Wildman–Crippen MR) is 91.5 cm³/mol. The monoisotopic (exact) mass is 337 g/mol. The number of hydrogen-bond donors (Lipinski definition) is 2. The van der Waals surface area contributed by atoms with Gasteiger partial charge in [0, 0.05) is 21.3 Å². The molecule has 3 nitrogen and oxygen atoms in total. The Kier molecular flexibility index (Phi) is 5.83. The predicted octanol–water partition coefficient (Wildman–Crippen LogP) is 3.56. The first-order valence-electron chi connectivity index (χ1n) is 7.10. The van der Waals surface area contributed by atoms with E-state index in [1.54, 1.807) is 12.1 Å². The van der Waals surface area contributed by atoms with Crippen molar-refractivity contribution in [1.29, 1.82) is 0 Å². The number of halogens is 2. The minimum Gasteiger partial charge on any atom is -0.333 e. The molecule has 5 heteroatoms. The van der Waals surface area contributed by atoms with Crippen LogP contribution in [0.4, 0.5) is 5.69 Å². The summed E-state index contributed by atoms with van der Waals surface area (Å²) in [4.78, 5) is 12.1. The summed E-state index contributed by atoms with van der Waals surface area (Å²) in [5, 5.41) is 6.20. The van der Waals surface area contributed by atoms with E-state index in [0.29, 0.717) is 16.6 Å². The Morgan fingerprint density at radius 2 is 1.77 bits per heavy atom. The van der Waals surface area contributed by atoms with Crippen LogP contribution < -0.4 is 10.6 Å². The molecule has 0 saturated carbocycles. The van der Waals surface area contributed by atoms with E-state index in [2.05, 4.69) is 12.2 Å². The second-order valence-electron chi connectivity index (χ2n) is 5.29. The van der Waals surface area contributed by atoms with Crippen molar-refractivity contribution in [2.24, 2.45) is 0 Å². The average Bonchev–Trinajstić information content (AvgIpc) is 2.49. The summed E-state index contributed by atoms with van der Waals surface area (Å²) in [7, 11) is 0. The zero-order chi connectivity index (χ0) is 16.1. The number of benzene rings is 2. The molecule has 1 atom stereocenters. The van der Waals surface area contributed by atoms with Crippen LogP contribution in [-0.4, -0.2) is 12.5 Å². The maximum absolute atomic E-state index is 12.1. The molecule has 0 unspecified atom stereocenters. The number of nitrogens with one attached hydrogen (secondary N) is 1. The molecule has 1 amide bonds. The van der Waals surface area contributed by atoms with Crippen LogP contribution in [0.25, 0.3) is 0 Å². The zero-order valence-corrected chi connectivity index (χ0v) is 14.1. The van der Waals surface area contributed by atoms with Crippen molar-refractivity contribution in [2.45, 2.75) is 19.9 Å². The van der Waals surface area contributed by atoms with E-state index >= 15 is 0 Å². The molecule has 0 fully saturated rings. The van der Waals surface area contributed by atoms with E-state index in [9.17, 15) is 4.79 Å². The first-order valence-corrected chi connectivity index (χ1v) is 7.86. The average molecular weight is 338 g/mol. The molecular formula is C17H19Cl2N2O+. The third kappa shape index (κ3) is 4.73. The number of amides is 1. The Hall–Kier alpha value is -1.55. The standard InChI is InChI=1S/C17H18Cl2N2O/c1-11-3-6-15(19)9-16(11)21-17(22)10-20-12(2)13-4-7-14(18)8-5-13/h3-9,12,20H,10H2,1-2H3,(H,21,22)/p+1/t12-/m1/s1. The van der Waals surface area contributed by atoms with Crippen molar-refractivity contribution < 1.29 is 10.1 Å². The highest BCUT2D eigenvalue weighted by Gasteiger charge is 2.12. The topological polar surface area (TPSA) is 45.7 Å². The zero-order valence-electron chi connectivity index (χ0n) is 12.6. The number of anilines is 1. The van der Waals surface area contributed by atoms with Crippen molar-refractivity contribution in [3.05, 3.63) is 63.6 Å². The molecule has 0 bridgehead atoms. The van der Waals surface area contributed by atoms with Crippen LogP contribution in [0, 0.1) is 6.92 Å². The Morgan fingerprint density at radius 1 is 1.14 bits per heavy atom. The molecule has 22 heavy (non-hydrogen) atoms. The molecule has 2 rings (SSSR count). The summed E-state index contributed by atoms with van der Waals surface area (Å²) in [6.45, 7) is 4.34. The van der Waals surface area contributed by atoms with Crippen LogP contribution >= 0.6 is 23.2 Å². The highest BCUT2D eigenvalue weighted by Crippen LogP contribution is 2.19. The molecule has 3 N–H and O–H groups in total. The number of carbonyl (C=O) groups is 1. The normalized spacial score (nSPS) is 12.0. The second-order valence-corrected chi connectivity index (χ2v) is 6.16. The van der Waals surface area contributed by atoms with Crippen molar-refractivity contribution in [1.82, 2.24) is 0 Å². The number of carbonyl (C=O) groups excluding carboxylic acids is 1. The lowest BCUT2D eigenvalue weighted by Crippen LogP contribution is -2.86. The molecule has 0 aromatic heterocycles. The largest absolute Gasteiger partial charge is 0.333 e. The van der Waals surface area contributed by atoms with Gasteiger partial charge in [0.25, 0.3) is 5.91 Å². The summed E-state index contributed by atoms with van der Waals surface area (Å²) in [5.41, 5.74) is 2.88. The van der Waals surface area contributed by atoms with Crippen LogP contribution in [0.15, 0.2) is 42.5 Å². The highest BCUT2D eigenvalue weighted by molar-refractivity contribution is 6.31. The first kappa shape index (κ1) is 16.8. The number of rotatable bonds is 5. The van der Waals surface area contributed by atoms with Gasteiger partial charge in [0.1, 0.15) is 6.04 Å². The quantitative estimate of drug-likeness (QED) is 0.860. The van der Waals surface area contributed by atoms with E-state index in [-0.39, 0.29) is 11.9 Å². The van der Waals surface area contributed by atoms with Crippen LogP contribution in [0.1, 0.15) is 24.1 Å². The van der Waals surface area contributed by atoms with Gasteiger partial charge in [-0.25, -0.2) is 0 Å². The maximum Gasteiger partial charge on any atom is 0.279 e. The van der Waals surface area contributed by atoms with Crippen molar-refractivity contribution in [3.63, 3.8) is 0 Å². The summed E-state index contributed by atoms with van der Waals surface area (Å²) < 4.78 is 0. The molecule has 0 aliphatic heterocycles. The lowest BCUT2D eigenvalue weighted by atomic mass is 10.1. The van der Waals surface area contributed by atoms with Gasteiger partial charge in [-0.3, -0.25) is 4.79 Å². The fraction of sp³-hybridized carbons (Fsp3) is 0.235. The van der Waals surface area contributed by atoms with Gasteiger partial charge in [-0.15, -0.1) is 0 Å². The Morgan fingerprint density at radius 3 is 2.45 bits per heavy atom. The number of aryl methyl sites for hydroxylation is 1. The summed E-state index contributed by atoms with van der Waals surface area (Å²) in [5.74, 6) is -0.0498. The molecule has 2 aromatic rings. The molecular weight excluding hydrogens is 319 g/mol. The number of quaternary nitrogens is 1. The van der Waals surface area contributed by atoms with E-state index in [1.807, 2.05) is 42.6 Å². The van der Waals surface area contributed by atoms with Gasteiger partial charge in [-0.05, 0) is 43.7 Å².